The number of hydrogen-bond acceptors (Lipinski definition) is 2. The van der Waals surface area contributed by atoms with Crippen LogP contribution in [-0.2, 0) is 9.59 Å². The minimum absolute atomic E-state index is 0.0531. The van der Waals surface area contributed by atoms with Gasteiger partial charge >= 0.3 is 0 Å². The number of imide groups is 1. The molecule has 0 saturated carbocycles. The Hall–Kier alpha value is -0.570. The Balaban J connectivity index is 2.64. The molecule has 0 N–H and O–H groups in total. The molecule has 0 bridgehead atoms. The molecule has 1 saturated heterocycles. The summed E-state index contributed by atoms with van der Waals surface area (Å²) in [5.74, 6) is 0.0516. The van der Waals surface area contributed by atoms with Crippen molar-refractivity contribution in [1.29, 1.82) is 0 Å². The van der Waals surface area contributed by atoms with E-state index in [1.54, 1.807) is 13.8 Å². The Morgan fingerprint density at radius 2 is 1.69 bits per heavy atom. The van der Waals surface area contributed by atoms with E-state index in [9.17, 15) is 9.59 Å². The molecule has 2 atom stereocenters. The maximum atomic E-state index is 11.5. The fraction of sp³-hybridized carbons (Fsp3) is 0.778. The van der Waals surface area contributed by atoms with Crippen molar-refractivity contribution < 1.29 is 9.59 Å². The second kappa shape index (κ2) is 4.09. The normalized spacial score (nSPS) is 28.7. The summed E-state index contributed by atoms with van der Waals surface area (Å²) in [5.41, 5.74) is 0. The minimum Gasteiger partial charge on any atom is -0.282 e. The highest BCUT2D eigenvalue weighted by Crippen LogP contribution is 2.25. The van der Waals surface area contributed by atoms with Crippen molar-refractivity contribution in [3.8, 4) is 0 Å². The molecule has 1 fully saturated rings. The summed E-state index contributed by atoms with van der Waals surface area (Å²) in [6.07, 6.45) is 0.679. The summed E-state index contributed by atoms with van der Waals surface area (Å²) in [5, 5.41) is 0. The first-order valence-corrected chi connectivity index (χ1v) is 5.04. The SMILES string of the molecule is C[C@@H]1C(=O)N(CCCCl)C(=O)[C@@H]1C. The van der Waals surface area contributed by atoms with Crippen molar-refractivity contribution in [1.82, 2.24) is 4.90 Å². The molecule has 0 aromatic heterocycles. The van der Waals surface area contributed by atoms with Gasteiger partial charge in [-0.3, -0.25) is 14.5 Å². The summed E-state index contributed by atoms with van der Waals surface area (Å²) in [7, 11) is 0. The van der Waals surface area contributed by atoms with Gasteiger partial charge in [0.25, 0.3) is 0 Å². The van der Waals surface area contributed by atoms with Gasteiger partial charge in [-0.15, -0.1) is 11.6 Å². The first-order valence-electron chi connectivity index (χ1n) is 4.50. The van der Waals surface area contributed by atoms with E-state index in [1.165, 1.54) is 4.90 Å². The summed E-state index contributed by atoms with van der Waals surface area (Å²) >= 11 is 5.50. The molecular formula is C9H14ClNO2. The van der Waals surface area contributed by atoms with Gasteiger partial charge in [-0.25, -0.2) is 0 Å². The van der Waals surface area contributed by atoms with Gasteiger partial charge in [-0.1, -0.05) is 13.8 Å². The van der Waals surface area contributed by atoms with Crippen LogP contribution in [0.4, 0.5) is 0 Å². The van der Waals surface area contributed by atoms with Gasteiger partial charge in [0.15, 0.2) is 0 Å². The molecular weight excluding hydrogens is 190 g/mol. The summed E-state index contributed by atoms with van der Waals surface area (Å²) in [4.78, 5) is 24.3. The molecule has 13 heavy (non-hydrogen) atoms. The van der Waals surface area contributed by atoms with E-state index >= 15 is 0 Å². The van der Waals surface area contributed by atoms with Crippen molar-refractivity contribution in [3.05, 3.63) is 0 Å². The Kier molecular flexibility index (Phi) is 3.31. The van der Waals surface area contributed by atoms with Crippen molar-refractivity contribution in [2.24, 2.45) is 11.8 Å². The fourth-order valence-corrected chi connectivity index (χ4v) is 1.59. The molecule has 74 valence electrons. The molecule has 2 amide bonds. The smallest absolute Gasteiger partial charge is 0.232 e. The van der Waals surface area contributed by atoms with E-state index in [-0.39, 0.29) is 23.7 Å². The van der Waals surface area contributed by atoms with Crippen LogP contribution in [0.5, 0.6) is 0 Å². The lowest BCUT2D eigenvalue weighted by molar-refractivity contribution is -0.139. The van der Waals surface area contributed by atoms with Crippen LogP contribution in [0.3, 0.4) is 0 Å². The van der Waals surface area contributed by atoms with Gasteiger partial charge in [0, 0.05) is 24.3 Å². The monoisotopic (exact) mass is 203 g/mol. The van der Waals surface area contributed by atoms with E-state index in [1.807, 2.05) is 0 Å². The average molecular weight is 204 g/mol. The second-order valence-corrected chi connectivity index (χ2v) is 3.83. The van der Waals surface area contributed by atoms with Crippen molar-refractivity contribution >= 4 is 23.4 Å². The van der Waals surface area contributed by atoms with E-state index in [0.29, 0.717) is 18.8 Å². The molecule has 0 radical (unpaired) electrons. The molecule has 1 rings (SSSR count). The third-order valence-corrected chi connectivity index (χ3v) is 2.84. The lowest BCUT2D eigenvalue weighted by Crippen LogP contribution is -2.32. The van der Waals surface area contributed by atoms with E-state index in [2.05, 4.69) is 0 Å². The Bertz CT molecular complexity index is 210. The highest BCUT2D eigenvalue weighted by Gasteiger charge is 2.41. The summed E-state index contributed by atoms with van der Waals surface area (Å²) in [6, 6.07) is 0. The molecule has 0 unspecified atom stereocenters. The number of alkyl halides is 1. The molecule has 1 aliphatic heterocycles. The molecule has 1 aliphatic rings. The molecule has 0 spiro atoms. The van der Waals surface area contributed by atoms with Crippen LogP contribution in [-0.4, -0.2) is 29.1 Å². The van der Waals surface area contributed by atoms with Crippen LogP contribution in [0.1, 0.15) is 20.3 Å². The number of rotatable bonds is 3. The van der Waals surface area contributed by atoms with E-state index in [0.717, 1.165) is 0 Å². The van der Waals surface area contributed by atoms with Crippen LogP contribution in [0.25, 0.3) is 0 Å². The minimum atomic E-state index is -0.164. The fourth-order valence-electron chi connectivity index (χ4n) is 1.47. The van der Waals surface area contributed by atoms with Crippen LogP contribution >= 0.6 is 11.6 Å². The number of nitrogens with zero attached hydrogens (tertiary/aromatic N) is 1. The average Bonchev–Trinajstić information content (AvgIpc) is 2.30. The van der Waals surface area contributed by atoms with Crippen molar-refractivity contribution in [3.63, 3.8) is 0 Å². The number of likely N-dealkylation sites (tertiary alicyclic amines) is 1. The van der Waals surface area contributed by atoms with Crippen LogP contribution in [0.15, 0.2) is 0 Å². The quantitative estimate of drug-likeness (QED) is 0.512. The molecule has 0 aromatic carbocycles. The number of amides is 2. The van der Waals surface area contributed by atoms with E-state index in [4.69, 9.17) is 11.6 Å². The molecule has 4 heteroatoms. The standard InChI is InChI=1S/C9H14ClNO2/c1-6-7(2)9(13)11(8(6)12)5-3-4-10/h6-7H,3-5H2,1-2H3/t6-,7+. The van der Waals surface area contributed by atoms with E-state index < -0.39 is 0 Å². The zero-order valence-electron chi connectivity index (χ0n) is 7.92. The van der Waals surface area contributed by atoms with Gasteiger partial charge in [0.1, 0.15) is 0 Å². The number of halogens is 1. The lowest BCUT2D eigenvalue weighted by atomic mass is 10.00. The highest BCUT2D eigenvalue weighted by molar-refractivity contribution is 6.17. The number of carbonyl (C=O) groups excluding carboxylic acids is 2. The van der Waals surface area contributed by atoms with Gasteiger partial charge in [-0.05, 0) is 6.42 Å². The number of hydrogen-bond donors (Lipinski definition) is 0. The first-order chi connectivity index (χ1) is 6.09. The zero-order valence-corrected chi connectivity index (χ0v) is 8.67. The van der Waals surface area contributed by atoms with Gasteiger partial charge < -0.3 is 0 Å². The van der Waals surface area contributed by atoms with Crippen LogP contribution in [0.2, 0.25) is 0 Å². The maximum absolute atomic E-state index is 11.5. The molecule has 3 nitrogen and oxygen atoms in total. The maximum Gasteiger partial charge on any atom is 0.232 e. The predicted octanol–water partition coefficient (Wildman–Crippen LogP) is 1.26. The Morgan fingerprint density at radius 3 is 2.08 bits per heavy atom. The van der Waals surface area contributed by atoms with Gasteiger partial charge in [-0.2, -0.15) is 0 Å². The van der Waals surface area contributed by atoms with Crippen LogP contribution < -0.4 is 0 Å². The van der Waals surface area contributed by atoms with Gasteiger partial charge in [0.05, 0.1) is 0 Å². The zero-order chi connectivity index (χ0) is 10.0. The Morgan fingerprint density at radius 1 is 1.23 bits per heavy atom. The summed E-state index contributed by atoms with van der Waals surface area (Å²) in [6.45, 7) is 4.06. The van der Waals surface area contributed by atoms with Crippen molar-refractivity contribution in [2.75, 3.05) is 12.4 Å². The predicted molar refractivity (Wildman–Crippen MR) is 50.4 cm³/mol. The number of carbonyl (C=O) groups is 2. The topological polar surface area (TPSA) is 37.4 Å². The highest BCUT2D eigenvalue weighted by atomic mass is 35.5. The molecule has 0 aromatic rings. The Labute approximate surface area is 83.0 Å². The first kappa shape index (κ1) is 10.5. The second-order valence-electron chi connectivity index (χ2n) is 3.45. The van der Waals surface area contributed by atoms with Crippen LogP contribution in [0, 0.1) is 11.8 Å². The molecule has 1 heterocycles. The third-order valence-electron chi connectivity index (χ3n) is 2.58. The summed E-state index contributed by atoms with van der Waals surface area (Å²) < 4.78 is 0. The van der Waals surface area contributed by atoms with Gasteiger partial charge in [0.2, 0.25) is 11.8 Å². The third kappa shape index (κ3) is 1.85. The molecule has 0 aliphatic carbocycles. The van der Waals surface area contributed by atoms with Crippen molar-refractivity contribution in [2.45, 2.75) is 20.3 Å². The largest absolute Gasteiger partial charge is 0.282 e. The lowest BCUT2D eigenvalue weighted by Gasteiger charge is -2.12.